The van der Waals surface area contributed by atoms with E-state index in [2.05, 4.69) is 26.1 Å². The molecule has 0 saturated carbocycles. The number of carbonyl (C=O) groups excluding carboxylic acids is 1. The molecule has 0 atom stereocenters. The summed E-state index contributed by atoms with van der Waals surface area (Å²) in [6.45, 7) is 2.42. The van der Waals surface area contributed by atoms with Crippen molar-refractivity contribution in [2.24, 2.45) is 0 Å². The fraction of sp³-hybridized carbons (Fsp3) is 0.250. The van der Waals surface area contributed by atoms with Crippen LogP contribution in [0.1, 0.15) is 29.6 Å². The molecule has 0 radical (unpaired) electrons. The van der Waals surface area contributed by atoms with E-state index >= 15 is 0 Å². The Morgan fingerprint density at radius 3 is 2.71 bits per heavy atom. The lowest BCUT2D eigenvalue weighted by Crippen LogP contribution is -2.07. The predicted molar refractivity (Wildman–Crippen MR) is 105 cm³/mol. The molecule has 28 heavy (non-hydrogen) atoms. The maximum atomic E-state index is 12.4. The fourth-order valence-electron chi connectivity index (χ4n) is 2.41. The maximum absolute atomic E-state index is 12.4. The van der Waals surface area contributed by atoms with Crippen molar-refractivity contribution in [3.05, 3.63) is 58.4 Å². The van der Waals surface area contributed by atoms with Crippen LogP contribution in [-0.4, -0.2) is 29.8 Å². The number of nitrogens with zero attached hydrogens (tertiary/aromatic N) is 2. The lowest BCUT2D eigenvalue weighted by Gasteiger charge is -2.13. The molecule has 2 aromatic carbocycles. The van der Waals surface area contributed by atoms with Gasteiger partial charge >= 0.3 is 5.97 Å². The van der Waals surface area contributed by atoms with Gasteiger partial charge in [-0.05, 0) is 34.5 Å². The Balaban J connectivity index is 1.68. The van der Waals surface area contributed by atoms with Gasteiger partial charge in [-0.2, -0.15) is 4.98 Å². The van der Waals surface area contributed by atoms with Crippen LogP contribution in [0.2, 0.25) is 0 Å². The highest BCUT2D eigenvalue weighted by Gasteiger charge is 2.18. The predicted octanol–water partition coefficient (Wildman–Crippen LogP) is 4.65. The van der Waals surface area contributed by atoms with Gasteiger partial charge in [0.15, 0.2) is 18.1 Å². The first-order chi connectivity index (χ1) is 13.6. The first kappa shape index (κ1) is 19.9. The molecular formula is C20H19BrN2O5. The molecule has 7 nitrogen and oxygen atoms in total. The molecule has 0 spiro atoms. The number of benzene rings is 2. The van der Waals surface area contributed by atoms with Gasteiger partial charge < -0.3 is 18.7 Å². The van der Waals surface area contributed by atoms with Crippen LogP contribution in [-0.2, 0) is 11.3 Å². The molecule has 0 fully saturated rings. The van der Waals surface area contributed by atoms with Crippen molar-refractivity contribution >= 4 is 21.9 Å². The van der Waals surface area contributed by atoms with Crippen molar-refractivity contribution < 1.29 is 23.5 Å². The highest BCUT2D eigenvalue weighted by Crippen LogP contribution is 2.37. The second-order valence-electron chi connectivity index (χ2n) is 5.79. The third-order valence-electron chi connectivity index (χ3n) is 3.74. The Morgan fingerprint density at radius 2 is 2.00 bits per heavy atom. The van der Waals surface area contributed by atoms with E-state index in [0.717, 1.165) is 12.0 Å². The van der Waals surface area contributed by atoms with Crippen LogP contribution < -0.4 is 9.47 Å². The minimum absolute atomic E-state index is 0.132. The summed E-state index contributed by atoms with van der Waals surface area (Å²) >= 11 is 3.41. The number of aromatic nitrogens is 2. The Labute approximate surface area is 170 Å². The normalized spacial score (nSPS) is 10.5. The van der Waals surface area contributed by atoms with Crippen LogP contribution >= 0.6 is 15.9 Å². The maximum Gasteiger partial charge on any atom is 0.338 e. The van der Waals surface area contributed by atoms with E-state index in [-0.39, 0.29) is 12.5 Å². The quantitative estimate of drug-likeness (QED) is 0.465. The first-order valence-electron chi connectivity index (χ1n) is 8.67. The van der Waals surface area contributed by atoms with Crippen molar-refractivity contribution in [3.63, 3.8) is 0 Å². The summed E-state index contributed by atoms with van der Waals surface area (Å²) in [5.74, 6) is 1.10. The van der Waals surface area contributed by atoms with Crippen LogP contribution in [0.5, 0.6) is 11.5 Å². The molecule has 0 unspecified atom stereocenters. The van der Waals surface area contributed by atoms with Gasteiger partial charge in [0.1, 0.15) is 0 Å². The van der Waals surface area contributed by atoms with E-state index in [9.17, 15) is 4.79 Å². The van der Waals surface area contributed by atoms with Gasteiger partial charge in [0.05, 0.1) is 23.8 Å². The average Bonchev–Trinajstić information content (AvgIpc) is 3.20. The third-order valence-corrected chi connectivity index (χ3v) is 4.33. The largest absolute Gasteiger partial charge is 0.493 e. The molecule has 1 aromatic heterocycles. The number of hydrogen-bond acceptors (Lipinski definition) is 7. The fourth-order valence-corrected chi connectivity index (χ4v) is 2.97. The molecule has 1 heterocycles. The number of halogens is 1. The van der Waals surface area contributed by atoms with E-state index in [1.54, 1.807) is 12.1 Å². The van der Waals surface area contributed by atoms with Crippen molar-refractivity contribution in [1.29, 1.82) is 0 Å². The highest BCUT2D eigenvalue weighted by molar-refractivity contribution is 9.10. The molecule has 0 saturated heterocycles. The Morgan fingerprint density at radius 1 is 1.21 bits per heavy atom. The standard InChI is InChI=1S/C20H19BrN2O5/c1-3-9-26-18-15(21)10-14(11-16(18)25-2)20(24)27-12-17-22-19(23-28-17)13-7-5-4-6-8-13/h4-8,10-11H,3,9,12H2,1-2H3. The first-order valence-corrected chi connectivity index (χ1v) is 9.47. The van der Waals surface area contributed by atoms with Crippen LogP contribution in [0.15, 0.2) is 51.5 Å². The third kappa shape index (κ3) is 4.69. The summed E-state index contributed by atoms with van der Waals surface area (Å²) in [7, 11) is 1.51. The van der Waals surface area contributed by atoms with Gasteiger partial charge in [-0.1, -0.05) is 42.4 Å². The summed E-state index contributed by atoms with van der Waals surface area (Å²) in [5, 5.41) is 3.90. The van der Waals surface area contributed by atoms with Crippen LogP contribution in [0.25, 0.3) is 11.4 Å². The molecule has 0 aliphatic heterocycles. The molecule has 8 heteroatoms. The summed E-state index contributed by atoms with van der Waals surface area (Å²) in [6.07, 6.45) is 0.856. The second-order valence-corrected chi connectivity index (χ2v) is 6.65. The average molecular weight is 447 g/mol. The molecule has 0 aliphatic carbocycles. The molecule has 0 amide bonds. The summed E-state index contributed by atoms with van der Waals surface area (Å²) < 4.78 is 22.0. The molecule has 3 aromatic rings. The Hall–Kier alpha value is -2.87. The summed E-state index contributed by atoms with van der Waals surface area (Å²) in [4.78, 5) is 16.6. The Bertz CT molecular complexity index is 943. The summed E-state index contributed by atoms with van der Waals surface area (Å²) in [5.41, 5.74) is 1.13. The molecule has 0 bridgehead atoms. The van der Waals surface area contributed by atoms with E-state index in [0.29, 0.717) is 34.0 Å². The minimum atomic E-state index is -0.541. The number of methoxy groups -OCH3 is 1. The molecular weight excluding hydrogens is 428 g/mol. The van der Waals surface area contributed by atoms with Crippen molar-refractivity contribution in [1.82, 2.24) is 10.1 Å². The lowest BCUT2D eigenvalue weighted by atomic mass is 10.2. The van der Waals surface area contributed by atoms with Gasteiger partial charge in [-0.3, -0.25) is 0 Å². The molecule has 146 valence electrons. The number of carbonyl (C=O) groups is 1. The van der Waals surface area contributed by atoms with Crippen molar-refractivity contribution in [2.45, 2.75) is 20.0 Å². The zero-order chi connectivity index (χ0) is 19.9. The van der Waals surface area contributed by atoms with Gasteiger partial charge in [-0.25, -0.2) is 4.79 Å². The zero-order valence-electron chi connectivity index (χ0n) is 15.5. The lowest BCUT2D eigenvalue weighted by molar-refractivity contribution is 0.0429. The SMILES string of the molecule is CCCOc1c(Br)cc(C(=O)OCc2nc(-c3ccccc3)no2)cc1OC. The smallest absolute Gasteiger partial charge is 0.338 e. The number of esters is 1. The number of hydrogen-bond donors (Lipinski definition) is 0. The number of ether oxygens (including phenoxy) is 3. The Kier molecular flexibility index (Phi) is 6.65. The van der Waals surface area contributed by atoms with Crippen LogP contribution in [0, 0.1) is 0 Å². The minimum Gasteiger partial charge on any atom is -0.493 e. The molecule has 0 N–H and O–H groups in total. The molecule has 0 aliphatic rings. The van der Waals surface area contributed by atoms with Crippen LogP contribution in [0.4, 0.5) is 0 Å². The zero-order valence-corrected chi connectivity index (χ0v) is 17.1. The van der Waals surface area contributed by atoms with Gasteiger partial charge in [0.2, 0.25) is 5.82 Å². The van der Waals surface area contributed by atoms with E-state index < -0.39 is 5.97 Å². The topological polar surface area (TPSA) is 83.7 Å². The highest BCUT2D eigenvalue weighted by atomic mass is 79.9. The van der Waals surface area contributed by atoms with Crippen molar-refractivity contribution in [3.8, 4) is 22.9 Å². The number of rotatable bonds is 8. The molecule has 3 rings (SSSR count). The second kappa shape index (κ2) is 9.36. The van der Waals surface area contributed by atoms with E-state index in [1.165, 1.54) is 7.11 Å². The summed E-state index contributed by atoms with van der Waals surface area (Å²) in [6, 6.07) is 12.6. The monoisotopic (exact) mass is 446 g/mol. The van der Waals surface area contributed by atoms with Gasteiger partial charge in [0, 0.05) is 5.56 Å². The van der Waals surface area contributed by atoms with Gasteiger partial charge in [0.25, 0.3) is 5.89 Å². The van der Waals surface area contributed by atoms with Crippen molar-refractivity contribution in [2.75, 3.05) is 13.7 Å². The van der Waals surface area contributed by atoms with E-state index in [1.807, 2.05) is 37.3 Å². The van der Waals surface area contributed by atoms with Crippen LogP contribution in [0.3, 0.4) is 0 Å². The van der Waals surface area contributed by atoms with E-state index in [4.69, 9.17) is 18.7 Å². The van der Waals surface area contributed by atoms with Gasteiger partial charge in [-0.15, -0.1) is 0 Å².